The van der Waals surface area contributed by atoms with Crippen LogP contribution in [0.1, 0.15) is 10.5 Å². The molecule has 4 rings (SSSR count). The zero-order valence-corrected chi connectivity index (χ0v) is 17.4. The van der Waals surface area contributed by atoms with Gasteiger partial charge in [-0.2, -0.15) is 15.6 Å². The second kappa shape index (κ2) is 8.34. The fraction of sp³-hybridized carbons (Fsp3) is 0.222. The predicted octanol–water partition coefficient (Wildman–Crippen LogP) is 1.28. The van der Waals surface area contributed by atoms with Gasteiger partial charge < -0.3 is 16.0 Å². The number of anilines is 3. The molecule has 1 aliphatic heterocycles. The Morgan fingerprint density at radius 3 is 2.60 bits per heavy atom. The van der Waals surface area contributed by atoms with Crippen molar-refractivity contribution >= 4 is 44.7 Å². The smallest absolute Gasteiger partial charge is 0.279 e. The molecule has 0 bridgehead atoms. The minimum atomic E-state index is -3.50. The molecule has 3 N–H and O–H groups in total. The summed E-state index contributed by atoms with van der Waals surface area (Å²) in [5, 5.41) is 6.00. The van der Waals surface area contributed by atoms with Crippen LogP contribution < -0.4 is 16.0 Å². The fourth-order valence-corrected chi connectivity index (χ4v) is 5.46. The van der Waals surface area contributed by atoms with E-state index in [1.54, 1.807) is 41.2 Å². The molecule has 4 heterocycles. The number of hydrogen-bond acceptors (Lipinski definition) is 9. The molecular weight excluding hydrogens is 426 g/mol. The van der Waals surface area contributed by atoms with Crippen LogP contribution >= 0.6 is 11.3 Å². The van der Waals surface area contributed by atoms with Crippen molar-refractivity contribution < 1.29 is 13.2 Å². The van der Waals surface area contributed by atoms with Gasteiger partial charge in [0.05, 0.1) is 11.1 Å². The average Bonchev–Trinajstić information content (AvgIpc) is 3.31. The number of rotatable bonds is 5. The number of nitrogens with two attached hydrogens (primary N) is 1. The van der Waals surface area contributed by atoms with E-state index in [-0.39, 0.29) is 11.5 Å². The van der Waals surface area contributed by atoms with Gasteiger partial charge >= 0.3 is 0 Å². The van der Waals surface area contributed by atoms with Crippen LogP contribution in [0.3, 0.4) is 0 Å². The van der Waals surface area contributed by atoms with E-state index in [2.05, 4.69) is 20.3 Å². The quantitative estimate of drug-likeness (QED) is 0.600. The highest BCUT2D eigenvalue weighted by molar-refractivity contribution is 7.89. The van der Waals surface area contributed by atoms with Gasteiger partial charge in [0.1, 0.15) is 11.6 Å². The van der Waals surface area contributed by atoms with Gasteiger partial charge in [-0.3, -0.25) is 4.79 Å². The van der Waals surface area contributed by atoms with E-state index in [1.807, 2.05) is 4.90 Å². The first-order chi connectivity index (χ1) is 14.4. The van der Waals surface area contributed by atoms with E-state index in [9.17, 15) is 13.2 Å². The van der Waals surface area contributed by atoms with Gasteiger partial charge in [-0.05, 0) is 23.6 Å². The van der Waals surface area contributed by atoms with Crippen LogP contribution in [-0.2, 0) is 10.0 Å². The Bertz CT molecular complexity index is 1130. The van der Waals surface area contributed by atoms with Gasteiger partial charge in [-0.25, -0.2) is 23.4 Å². The van der Waals surface area contributed by atoms with Crippen molar-refractivity contribution in [2.75, 3.05) is 42.1 Å². The number of nitrogens with one attached hydrogen (secondary N) is 1. The number of thiophene rings is 1. The van der Waals surface area contributed by atoms with E-state index >= 15 is 0 Å². The second-order valence-corrected chi connectivity index (χ2v) is 9.20. The maximum atomic E-state index is 12.7. The second-order valence-electron chi connectivity index (χ2n) is 6.48. The van der Waals surface area contributed by atoms with Crippen LogP contribution in [0.5, 0.6) is 0 Å². The van der Waals surface area contributed by atoms with Crippen molar-refractivity contribution in [1.29, 1.82) is 0 Å². The molecule has 1 fully saturated rings. The third-order valence-electron chi connectivity index (χ3n) is 4.61. The number of carbonyl (C=O) groups is 1. The predicted molar refractivity (Wildman–Crippen MR) is 114 cm³/mol. The summed E-state index contributed by atoms with van der Waals surface area (Å²) in [6.07, 6.45) is 3.04. The number of pyridine rings is 1. The standard InChI is InChI=1S/C18H19N7O3S2/c19-17-16(18(26)22-14-3-1-2-5-20-14)23-15(11-21-17)24-6-8-25(9-7-24)30(27,28)13-4-10-29-12-13/h1-5,10-12H,6-9H2,(H2,19,21)(H,20,22,26). The number of aromatic nitrogens is 3. The summed E-state index contributed by atoms with van der Waals surface area (Å²) in [5.41, 5.74) is 5.84. The van der Waals surface area contributed by atoms with Crippen LogP contribution in [0.25, 0.3) is 0 Å². The Balaban J connectivity index is 1.47. The van der Waals surface area contributed by atoms with E-state index in [4.69, 9.17) is 5.73 Å². The SMILES string of the molecule is Nc1ncc(N2CCN(S(=O)(=O)c3ccsc3)CC2)nc1C(=O)Nc1ccccn1. The molecular formula is C18H19N7O3S2. The van der Waals surface area contributed by atoms with E-state index < -0.39 is 15.9 Å². The number of carbonyl (C=O) groups excluding carboxylic acids is 1. The molecule has 3 aromatic heterocycles. The van der Waals surface area contributed by atoms with Gasteiger partial charge in [0.15, 0.2) is 11.5 Å². The van der Waals surface area contributed by atoms with E-state index in [0.717, 1.165) is 0 Å². The third-order valence-corrected chi connectivity index (χ3v) is 7.33. The van der Waals surface area contributed by atoms with Crippen molar-refractivity contribution in [3.8, 4) is 0 Å². The zero-order chi connectivity index (χ0) is 21.1. The molecule has 0 radical (unpaired) electrons. The lowest BCUT2D eigenvalue weighted by atomic mass is 10.3. The summed E-state index contributed by atoms with van der Waals surface area (Å²) in [4.78, 5) is 27.2. The largest absolute Gasteiger partial charge is 0.382 e. The topological polar surface area (TPSA) is 134 Å². The lowest BCUT2D eigenvalue weighted by Crippen LogP contribution is -2.49. The monoisotopic (exact) mass is 445 g/mol. The fourth-order valence-electron chi connectivity index (χ4n) is 3.03. The molecule has 156 valence electrons. The van der Waals surface area contributed by atoms with E-state index in [1.165, 1.54) is 21.8 Å². The van der Waals surface area contributed by atoms with E-state index in [0.29, 0.717) is 42.7 Å². The highest BCUT2D eigenvalue weighted by Gasteiger charge is 2.29. The molecule has 30 heavy (non-hydrogen) atoms. The molecule has 0 spiro atoms. The lowest BCUT2D eigenvalue weighted by molar-refractivity contribution is 0.102. The van der Waals surface area contributed by atoms with Crippen molar-refractivity contribution in [3.05, 3.63) is 53.1 Å². The molecule has 1 aliphatic rings. The number of hydrogen-bond donors (Lipinski definition) is 2. The summed E-state index contributed by atoms with van der Waals surface area (Å²) < 4.78 is 26.8. The highest BCUT2D eigenvalue weighted by Crippen LogP contribution is 2.22. The van der Waals surface area contributed by atoms with Crippen LogP contribution in [0.4, 0.5) is 17.5 Å². The summed E-state index contributed by atoms with van der Waals surface area (Å²) in [6, 6.07) is 6.74. The number of amides is 1. The maximum absolute atomic E-state index is 12.7. The summed E-state index contributed by atoms with van der Waals surface area (Å²) in [5.74, 6) is 0.328. The summed E-state index contributed by atoms with van der Waals surface area (Å²) in [6.45, 7) is 1.45. The normalized spacial score (nSPS) is 15.1. The molecule has 0 atom stereocenters. The number of sulfonamides is 1. The average molecular weight is 446 g/mol. The van der Waals surface area contributed by atoms with Crippen LogP contribution in [-0.4, -0.2) is 59.8 Å². The van der Waals surface area contributed by atoms with Gasteiger partial charge in [-0.1, -0.05) is 6.07 Å². The zero-order valence-electron chi connectivity index (χ0n) is 15.8. The summed E-state index contributed by atoms with van der Waals surface area (Å²) >= 11 is 1.35. The molecule has 10 nitrogen and oxygen atoms in total. The molecule has 0 saturated carbocycles. The Hall–Kier alpha value is -3.09. The third kappa shape index (κ3) is 4.10. The first-order valence-electron chi connectivity index (χ1n) is 9.07. The molecule has 1 amide bonds. The molecule has 1 saturated heterocycles. The lowest BCUT2D eigenvalue weighted by Gasteiger charge is -2.34. The molecule has 0 aliphatic carbocycles. The minimum absolute atomic E-state index is 0.00542. The summed E-state index contributed by atoms with van der Waals surface area (Å²) in [7, 11) is -3.50. The Morgan fingerprint density at radius 1 is 1.13 bits per heavy atom. The highest BCUT2D eigenvalue weighted by atomic mass is 32.2. The van der Waals surface area contributed by atoms with Crippen molar-refractivity contribution in [2.45, 2.75) is 4.90 Å². The Labute approximate surface area is 177 Å². The minimum Gasteiger partial charge on any atom is -0.382 e. The Morgan fingerprint density at radius 2 is 1.93 bits per heavy atom. The number of nitrogens with zero attached hydrogens (tertiary/aromatic N) is 5. The van der Waals surface area contributed by atoms with Crippen LogP contribution in [0.2, 0.25) is 0 Å². The number of nitrogen functional groups attached to an aromatic ring is 1. The molecule has 0 unspecified atom stereocenters. The maximum Gasteiger partial charge on any atom is 0.279 e. The van der Waals surface area contributed by atoms with Crippen molar-refractivity contribution in [1.82, 2.24) is 19.3 Å². The molecule has 0 aromatic carbocycles. The van der Waals surface area contributed by atoms with Gasteiger partial charge in [0, 0.05) is 37.8 Å². The van der Waals surface area contributed by atoms with Gasteiger partial charge in [-0.15, -0.1) is 0 Å². The van der Waals surface area contributed by atoms with Crippen molar-refractivity contribution in [3.63, 3.8) is 0 Å². The van der Waals surface area contributed by atoms with Crippen molar-refractivity contribution in [2.24, 2.45) is 0 Å². The Kier molecular flexibility index (Phi) is 5.61. The first kappa shape index (κ1) is 20.2. The first-order valence-corrected chi connectivity index (χ1v) is 11.5. The number of piperazine rings is 1. The van der Waals surface area contributed by atoms with Crippen LogP contribution in [0.15, 0.2) is 52.3 Å². The van der Waals surface area contributed by atoms with Gasteiger partial charge in [0.25, 0.3) is 5.91 Å². The molecule has 12 heteroatoms. The molecule has 3 aromatic rings. The van der Waals surface area contributed by atoms with Gasteiger partial charge in [0.2, 0.25) is 10.0 Å². The van der Waals surface area contributed by atoms with Crippen LogP contribution in [0, 0.1) is 0 Å².